The fourth-order valence-corrected chi connectivity index (χ4v) is 1.19. The van der Waals surface area contributed by atoms with E-state index in [0.29, 0.717) is 0 Å². The molecule has 0 saturated heterocycles. The zero-order valence-electron chi connectivity index (χ0n) is 8.35. The molecule has 0 spiro atoms. The van der Waals surface area contributed by atoms with Gasteiger partial charge in [-0.2, -0.15) is 13.2 Å². The summed E-state index contributed by atoms with van der Waals surface area (Å²) < 4.78 is 37.7. The summed E-state index contributed by atoms with van der Waals surface area (Å²) in [5.41, 5.74) is 0.606. The van der Waals surface area contributed by atoms with Crippen LogP contribution in [-0.4, -0.2) is 13.0 Å². The highest BCUT2D eigenvalue weighted by Gasteiger charge is 2.34. The van der Waals surface area contributed by atoms with Gasteiger partial charge in [-0.05, 0) is 18.2 Å². The lowest BCUT2D eigenvalue weighted by Gasteiger charge is -2.13. The summed E-state index contributed by atoms with van der Waals surface area (Å²) in [6.07, 6.45) is -4.56. The summed E-state index contributed by atoms with van der Waals surface area (Å²) in [4.78, 5) is 11.2. The van der Waals surface area contributed by atoms with Crippen molar-refractivity contribution in [1.29, 1.82) is 0 Å². The second-order valence-electron chi connectivity index (χ2n) is 2.98. The van der Waals surface area contributed by atoms with Crippen molar-refractivity contribution >= 4 is 11.6 Å². The zero-order valence-corrected chi connectivity index (χ0v) is 8.35. The van der Waals surface area contributed by atoms with Crippen LogP contribution in [0.5, 0.6) is 0 Å². The van der Waals surface area contributed by atoms with Crippen LogP contribution in [0.15, 0.2) is 18.2 Å². The van der Waals surface area contributed by atoms with Crippen molar-refractivity contribution in [2.75, 3.05) is 12.5 Å². The minimum atomic E-state index is -4.56. The molecule has 0 radical (unpaired) electrons. The Morgan fingerprint density at radius 2 is 2.00 bits per heavy atom. The summed E-state index contributed by atoms with van der Waals surface area (Å²) in [6.45, 7) is 0. The molecule has 1 aromatic carbocycles. The molecule has 1 rings (SSSR count). The molecule has 0 unspecified atom stereocenters. The Hall–Kier alpha value is -1.76. The van der Waals surface area contributed by atoms with Gasteiger partial charge in [0.2, 0.25) is 0 Å². The standard InChI is InChI=1S/C9H10F3N3O/c1-14-8(16)5-2-3-7(15-13)6(4-5)9(10,11)12/h2-4,15H,13H2,1H3,(H,14,16). The van der Waals surface area contributed by atoms with E-state index < -0.39 is 17.6 Å². The first-order chi connectivity index (χ1) is 7.40. The molecule has 88 valence electrons. The highest BCUT2D eigenvalue weighted by Crippen LogP contribution is 2.35. The molecule has 0 saturated carbocycles. The van der Waals surface area contributed by atoms with E-state index in [1.807, 2.05) is 5.43 Å². The van der Waals surface area contributed by atoms with Crippen LogP contribution in [0.4, 0.5) is 18.9 Å². The number of benzene rings is 1. The van der Waals surface area contributed by atoms with Crippen molar-refractivity contribution in [2.45, 2.75) is 6.18 Å². The molecule has 7 heteroatoms. The van der Waals surface area contributed by atoms with Crippen LogP contribution in [0.3, 0.4) is 0 Å². The summed E-state index contributed by atoms with van der Waals surface area (Å²) in [5, 5.41) is 2.24. The van der Waals surface area contributed by atoms with Crippen LogP contribution in [0.2, 0.25) is 0 Å². The minimum Gasteiger partial charge on any atom is -0.355 e. The van der Waals surface area contributed by atoms with Gasteiger partial charge < -0.3 is 10.7 Å². The van der Waals surface area contributed by atoms with Crippen LogP contribution in [0.1, 0.15) is 15.9 Å². The fraction of sp³-hybridized carbons (Fsp3) is 0.222. The number of carbonyl (C=O) groups excluding carboxylic acids is 1. The molecular formula is C9H10F3N3O. The normalized spacial score (nSPS) is 11.1. The number of alkyl halides is 3. The van der Waals surface area contributed by atoms with Gasteiger partial charge in [-0.15, -0.1) is 0 Å². The Labute approximate surface area is 89.6 Å². The lowest BCUT2D eigenvalue weighted by atomic mass is 10.1. The molecule has 1 amide bonds. The molecule has 0 fully saturated rings. The molecule has 4 N–H and O–H groups in total. The molecule has 0 aromatic heterocycles. The van der Waals surface area contributed by atoms with Crippen molar-refractivity contribution in [2.24, 2.45) is 5.84 Å². The Bertz CT molecular complexity index is 403. The summed E-state index contributed by atoms with van der Waals surface area (Å²) in [7, 11) is 1.34. The second-order valence-corrected chi connectivity index (χ2v) is 2.98. The smallest absolute Gasteiger partial charge is 0.355 e. The molecule has 0 heterocycles. The molecule has 16 heavy (non-hydrogen) atoms. The van der Waals surface area contributed by atoms with Crippen LogP contribution in [-0.2, 0) is 6.18 Å². The molecule has 4 nitrogen and oxygen atoms in total. The first kappa shape index (κ1) is 12.3. The Kier molecular flexibility index (Phi) is 3.38. The average Bonchev–Trinajstić information content (AvgIpc) is 2.26. The number of rotatable bonds is 2. The van der Waals surface area contributed by atoms with E-state index in [2.05, 4.69) is 5.32 Å². The minimum absolute atomic E-state index is 0.0752. The van der Waals surface area contributed by atoms with Crippen LogP contribution < -0.4 is 16.6 Å². The van der Waals surface area contributed by atoms with Crippen LogP contribution in [0, 0.1) is 0 Å². The highest BCUT2D eigenvalue weighted by atomic mass is 19.4. The molecule has 1 aromatic rings. The van der Waals surface area contributed by atoms with Crippen molar-refractivity contribution in [3.05, 3.63) is 29.3 Å². The number of nitrogen functional groups attached to an aromatic ring is 1. The van der Waals surface area contributed by atoms with E-state index in [0.717, 1.165) is 12.1 Å². The summed E-state index contributed by atoms with van der Waals surface area (Å²) in [5.74, 6) is 4.37. The van der Waals surface area contributed by atoms with Gasteiger partial charge in [0.15, 0.2) is 0 Å². The van der Waals surface area contributed by atoms with E-state index in [1.165, 1.54) is 13.1 Å². The summed E-state index contributed by atoms with van der Waals surface area (Å²) in [6, 6.07) is 3.10. The fourth-order valence-electron chi connectivity index (χ4n) is 1.19. The quantitative estimate of drug-likeness (QED) is 0.533. The van der Waals surface area contributed by atoms with E-state index in [4.69, 9.17) is 5.84 Å². The van der Waals surface area contributed by atoms with E-state index in [9.17, 15) is 18.0 Å². The van der Waals surface area contributed by atoms with E-state index in [1.54, 1.807) is 0 Å². The molecule has 0 bridgehead atoms. The Morgan fingerprint density at radius 3 is 2.44 bits per heavy atom. The molecule has 0 aliphatic carbocycles. The van der Waals surface area contributed by atoms with Gasteiger partial charge in [0.25, 0.3) is 5.91 Å². The number of carbonyl (C=O) groups is 1. The third kappa shape index (κ3) is 2.43. The number of anilines is 1. The van der Waals surface area contributed by atoms with Crippen LogP contribution in [0.25, 0.3) is 0 Å². The monoisotopic (exact) mass is 233 g/mol. The van der Waals surface area contributed by atoms with Gasteiger partial charge in [0, 0.05) is 12.6 Å². The van der Waals surface area contributed by atoms with Gasteiger partial charge in [0.05, 0.1) is 11.3 Å². The maximum Gasteiger partial charge on any atom is 0.418 e. The second kappa shape index (κ2) is 4.40. The highest BCUT2D eigenvalue weighted by molar-refractivity contribution is 5.94. The maximum absolute atomic E-state index is 12.6. The predicted octanol–water partition coefficient (Wildman–Crippen LogP) is 1.35. The largest absolute Gasteiger partial charge is 0.418 e. The Balaban J connectivity index is 3.27. The third-order valence-corrected chi connectivity index (χ3v) is 1.97. The molecule has 0 aliphatic rings. The first-order valence-corrected chi connectivity index (χ1v) is 4.30. The number of nitrogens with two attached hydrogens (primary N) is 1. The van der Waals surface area contributed by atoms with Gasteiger partial charge in [-0.25, -0.2) is 0 Å². The zero-order chi connectivity index (χ0) is 12.3. The van der Waals surface area contributed by atoms with Crippen molar-refractivity contribution < 1.29 is 18.0 Å². The van der Waals surface area contributed by atoms with Crippen molar-refractivity contribution in [3.63, 3.8) is 0 Å². The first-order valence-electron chi connectivity index (χ1n) is 4.30. The van der Waals surface area contributed by atoms with E-state index >= 15 is 0 Å². The van der Waals surface area contributed by atoms with Gasteiger partial charge >= 0.3 is 6.18 Å². The van der Waals surface area contributed by atoms with Crippen LogP contribution >= 0.6 is 0 Å². The lowest BCUT2D eigenvalue weighted by molar-refractivity contribution is -0.137. The molecule has 0 aliphatic heterocycles. The third-order valence-electron chi connectivity index (χ3n) is 1.97. The number of hydrogen-bond donors (Lipinski definition) is 3. The molecule has 0 atom stereocenters. The average molecular weight is 233 g/mol. The molecular weight excluding hydrogens is 223 g/mol. The number of halogens is 3. The topological polar surface area (TPSA) is 67.2 Å². The Morgan fingerprint density at radius 1 is 1.38 bits per heavy atom. The van der Waals surface area contributed by atoms with Crippen molar-refractivity contribution in [3.8, 4) is 0 Å². The van der Waals surface area contributed by atoms with Gasteiger partial charge in [0.1, 0.15) is 0 Å². The lowest BCUT2D eigenvalue weighted by Crippen LogP contribution is -2.20. The SMILES string of the molecule is CNC(=O)c1ccc(NN)c(C(F)(F)F)c1. The summed E-state index contributed by atoms with van der Waals surface area (Å²) >= 11 is 0. The van der Waals surface area contributed by atoms with Gasteiger partial charge in [-0.1, -0.05) is 0 Å². The number of hydrogen-bond acceptors (Lipinski definition) is 3. The number of nitrogens with one attached hydrogen (secondary N) is 2. The number of hydrazine groups is 1. The predicted molar refractivity (Wildman–Crippen MR) is 52.6 cm³/mol. The van der Waals surface area contributed by atoms with Crippen molar-refractivity contribution in [1.82, 2.24) is 5.32 Å². The maximum atomic E-state index is 12.6. The van der Waals surface area contributed by atoms with E-state index in [-0.39, 0.29) is 11.3 Å². The number of amides is 1. The van der Waals surface area contributed by atoms with Gasteiger partial charge in [-0.3, -0.25) is 10.6 Å².